The van der Waals surface area contributed by atoms with E-state index >= 15 is 0 Å². The van der Waals surface area contributed by atoms with Crippen molar-refractivity contribution in [1.29, 1.82) is 0 Å². The van der Waals surface area contributed by atoms with Crippen molar-refractivity contribution in [3.8, 4) is 0 Å². The third kappa shape index (κ3) is 5.21. The molecule has 1 heterocycles. The summed E-state index contributed by atoms with van der Waals surface area (Å²) < 4.78 is 0.971. The molecule has 0 spiro atoms. The molecule has 0 aliphatic carbocycles. The first-order chi connectivity index (χ1) is 13.6. The molecule has 2 aromatic carbocycles. The van der Waals surface area contributed by atoms with Gasteiger partial charge in [0.25, 0.3) is 0 Å². The van der Waals surface area contributed by atoms with Crippen molar-refractivity contribution < 1.29 is 14.7 Å². The zero-order valence-electron chi connectivity index (χ0n) is 16.6. The van der Waals surface area contributed by atoms with E-state index in [0.717, 1.165) is 20.8 Å². The molecule has 1 aromatic heterocycles. The van der Waals surface area contributed by atoms with E-state index in [1.165, 1.54) is 0 Å². The van der Waals surface area contributed by atoms with E-state index in [4.69, 9.17) is 0 Å². The maximum atomic E-state index is 13.2. The number of carbonyl (C=O) groups is 2. The number of amides is 1. The van der Waals surface area contributed by atoms with Crippen LogP contribution in [-0.4, -0.2) is 22.0 Å². The summed E-state index contributed by atoms with van der Waals surface area (Å²) in [7, 11) is 0. The summed E-state index contributed by atoms with van der Waals surface area (Å²) in [5.41, 5.74) is 1.02. The van der Waals surface area contributed by atoms with Crippen LogP contribution in [0, 0.1) is 5.41 Å². The number of benzene rings is 2. The molecule has 5 nitrogen and oxygen atoms in total. The summed E-state index contributed by atoms with van der Waals surface area (Å²) in [6.45, 7) is 6.46. The van der Waals surface area contributed by atoms with Gasteiger partial charge in [0.05, 0.1) is 12.1 Å². The van der Waals surface area contributed by atoms with Crippen LogP contribution in [0.2, 0.25) is 0 Å². The highest BCUT2D eigenvalue weighted by atomic mass is 79.9. The Morgan fingerprint density at radius 1 is 1.07 bits per heavy atom. The van der Waals surface area contributed by atoms with Crippen LogP contribution in [0.25, 0.3) is 10.8 Å². The fourth-order valence-electron chi connectivity index (χ4n) is 3.11. The Morgan fingerprint density at radius 2 is 1.76 bits per heavy atom. The number of hydrogen-bond acceptors (Lipinski definition) is 3. The second-order valence-corrected chi connectivity index (χ2v) is 9.14. The number of halogens is 1. The highest BCUT2D eigenvalue weighted by molar-refractivity contribution is 9.10. The van der Waals surface area contributed by atoms with Crippen LogP contribution in [-0.2, 0) is 11.3 Å². The van der Waals surface area contributed by atoms with Gasteiger partial charge in [-0.1, -0.05) is 48.8 Å². The summed E-state index contributed by atoms with van der Waals surface area (Å²) in [6.07, 6.45) is 1.98. The van der Waals surface area contributed by atoms with Crippen molar-refractivity contribution in [2.75, 3.05) is 4.90 Å². The Kier molecular flexibility index (Phi) is 6.03. The van der Waals surface area contributed by atoms with E-state index in [1.807, 2.05) is 45.0 Å². The lowest BCUT2D eigenvalue weighted by Gasteiger charge is -2.27. The molecule has 0 unspecified atom stereocenters. The zero-order chi connectivity index (χ0) is 21.2. The minimum Gasteiger partial charge on any atom is -0.478 e. The molecule has 0 saturated heterocycles. The van der Waals surface area contributed by atoms with Gasteiger partial charge in [-0.2, -0.15) is 0 Å². The van der Waals surface area contributed by atoms with Gasteiger partial charge in [-0.05, 0) is 52.8 Å². The van der Waals surface area contributed by atoms with Gasteiger partial charge >= 0.3 is 5.97 Å². The third-order valence-corrected chi connectivity index (χ3v) is 5.01. The van der Waals surface area contributed by atoms with Crippen molar-refractivity contribution >= 4 is 44.4 Å². The largest absolute Gasteiger partial charge is 0.478 e. The first-order valence-corrected chi connectivity index (χ1v) is 10.1. The minimum atomic E-state index is -0.985. The predicted octanol–water partition coefficient (Wildman–Crippen LogP) is 5.66. The van der Waals surface area contributed by atoms with Crippen LogP contribution >= 0.6 is 15.9 Å². The summed E-state index contributed by atoms with van der Waals surface area (Å²) in [6, 6.07) is 14.5. The number of carbonyl (C=O) groups excluding carboxylic acids is 1. The van der Waals surface area contributed by atoms with Gasteiger partial charge in [0, 0.05) is 22.5 Å². The molecule has 3 aromatic rings. The molecule has 0 aliphatic heterocycles. The number of aromatic carboxylic acids is 1. The second-order valence-electron chi connectivity index (χ2n) is 8.22. The first-order valence-electron chi connectivity index (χ1n) is 9.31. The van der Waals surface area contributed by atoms with Crippen LogP contribution in [0.1, 0.15) is 43.1 Å². The monoisotopic (exact) mass is 454 g/mol. The Morgan fingerprint density at radius 3 is 2.38 bits per heavy atom. The van der Waals surface area contributed by atoms with E-state index < -0.39 is 5.97 Å². The van der Waals surface area contributed by atoms with E-state index in [1.54, 1.807) is 35.4 Å². The van der Waals surface area contributed by atoms with Crippen LogP contribution in [0.5, 0.6) is 0 Å². The number of hydrogen-bond donors (Lipinski definition) is 1. The Bertz CT molecular complexity index is 1060. The van der Waals surface area contributed by atoms with Crippen LogP contribution in [0.3, 0.4) is 0 Å². The number of aromatic nitrogens is 1. The Labute approximate surface area is 178 Å². The normalized spacial score (nSPS) is 11.4. The van der Waals surface area contributed by atoms with E-state index in [2.05, 4.69) is 20.9 Å². The highest BCUT2D eigenvalue weighted by Crippen LogP contribution is 2.30. The Balaban J connectivity index is 2.08. The molecule has 0 atom stereocenters. The van der Waals surface area contributed by atoms with Gasteiger partial charge in [0.15, 0.2) is 0 Å². The molecular weight excluding hydrogens is 432 g/mol. The minimum absolute atomic E-state index is 0.0253. The standard InChI is InChI=1S/C23H23BrN2O3/c1-23(2,3)13-20(27)26(14-15-4-7-18(24)8-5-15)21-19-9-6-17(22(28)29)12-16(19)10-11-25-21/h4-12H,13-14H2,1-3H3,(H,28,29). The van der Waals surface area contributed by atoms with Gasteiger partial charge in [0.2, 0.25) is 5.91 Å². The molecule has 150 valence electrons. The number of carboxylic acids is 1. The SMILES string of the molecule is CC(C)(C)CC(=O)N(Cc1ccc(Br)cc1)c1nccc2cc(C(=O)O)ccc12. The average Bonchev–Trinajstić information content (AvgIpc) is 2.65. The number of anilines is 1. The number of rotatable bonds is 5. The average molecular weight is 455 g/mol. The molecule has 1 amide bonds. The number of carboxylic acid groups (broad SMARTS) is 1. The van der Waals surface area contributed by atoms with E-state index in [9.17, 15) is 14.7 Å². The predicted molar refractivity (Wildman–Crippen MR) is 118 cm³/mol. The second kappa shape index (κ2) is 8.33. The molecule has 1 N–H and O–H groups in total. The summed E-state index contributed by atoms with van der Waals surface area (Å²) in [5, 5.41) is 10.8. The van der Waals surface area contributed by atoms with E-state index in [0.29, 0.717) is 18.8 Å². The van der Waals surface area contributed by atoms with E-state index in [-0.39, 0.29) is 16.9 Å². The quantitative estimate of drug-likeness (QED) is 0.539. The fourth-order valence-corrected chi connectivity index (χ4v) is 3.38. The number of nitrogens with zero attached hydrogens (tertiary/aromatic N) is 2. The fraction of sp³-hybridized carbons (Fsp3) is 0.261. The molecule has 6 heteroatoms. The van der Waals surface area contributed by atoms with Crippen molar-refractivity contribution in [3.05, 3.63) is 70.3 Å². The van der Waals surface area contributed by atoms with Crippen LogP contribution in [0.4, 0.5) is 5.82 Å². The topological polar surface area (TPSA) is 70.5 Å². The molecule has 0 aliphatic rings. The van der Waals surface area contributed by atoms with Gasteiger partial charge in [-0.25, -0.2) is 9.78 Å². The van der Waals surface area contributed by atoms with Crippen molar-refractivity contribution in [2.24, 2.45) is 5.41 Å². The molecule has 3 rings (SSSR count). The lowest BCUT2D eigenvalue weighted by Crippen LogP contribution is -2.34. The third-order valence-electron chi connectivity index (χ3n) is 4.48. The van der Waals surface area contributed by atoms with Crippen LogP contribution in [0.15, 0.2) is 59.2 Å². The Hall–Kier alpha value is -2.73. The van der Waals surface area contributed by atoms with Crippen molar-refractivity contribution in [3.63, 3.8) is 0 Å². The maximum Gasteiger partial charge on any atom is 0.335 e. The summed E-state index contributed by atoms with van der Waals surface area (Å²) >= 11 is 3.44. The lowest BCUT2D eigenvalue weighted by atomic mass is 9.91. The maximum absolute atomic E-state index is 13.2. The molecule has 0 saturated carbocycles. The molecule has 0 bridgehead atoms. The highest BCUT2D eigenvalue weighted by Gasteiger charge is 2.25. The van der Waals surface area contributed by atoms with Gasteiger partial charge in [-0.15, -0.1) is 0 Å². The summed E-state index contributed by atoms with van der Waals surface area (Å²) in [4.78, 5) is 30.7. The molecular formula is C23H23BrN2O3. The van der Waals surface area contributed by atoms with Gasteiger partial charge < -0.3 is 5.11 Å². The lowest BCUT2D eigenvalue weighted by molar-refractivity contribution is -0.120. The van der Waals surface area contributed by atoms with Crippen molar-refractivity contribution in [2.45, 2.75) is 33.7 Å². The molecule has 0 radical (unpaired) electrons. The summed E-state index contributed by atoms with van der Waals surface area (Å²) in [5.74, 6) is -0.472. The van der Waals surface area contributed by atoms with Gasteiger partial charge in [0.1, 0.15) is 5.82 Å². The number of fused-ring (bicyclic) bond motifs is 1. The smallest absolute Gasteiger partial charge is 0.335 e. The number of pyridine rings is 1. The van der Waals surface area contributed by atoms with Gasteiger partial charge in [-0.3, -0.25) is 9.69 Å². The molecule has 29 heavy (non-hydrogen) atoms. The van der Waals surface area contributed by atoms with Crippen molar-refractivity contribution in [1.82, 2.24) is 4.98 Å². The first kappa shape index (κ1) is 21.0. The zero-order valence-corrected chi connectivity index (χ0v) is 18.2. The molecule has 0 fully saturated rings. The van der Waals surface area contributed by atoms with Crippen LogP contribution < -0.4 is 4.90 Å².